The van der Waals surface area contributed by atoms with Crippen molar-refractivity contribution < 1.29 is 30.0 Å². The van der Waals surface area contributed by atoms with Gasteiger partial charge in [0.15, 0.2) is 0 Å². The summed E-state index contributed by atoms with van der Waals surface area (Å²) >= 11 is 0. The normalized spacial score (nSPS) is 46.7. The van der Waals surface area contributed by atoms with Gasteiger partial charge in [0.05, 0.1) is 18.3 Å². The molecule has 34 heavy (non-hydrogen) atoms. The monoisotopic (exact) mass is 478 g/mol. The summed E-state index contributed by atoms with van der Waals surface area (Å²) in [4.78, 5) is 24.6. The number of rotatable bonds is 6. The lowest BCUT2D eigenvalue weighted by molar-refractivity contribution is -0.207. The second-order valence-corrected chi connectivity index (χ2v) is 12.7. The highest BCUT2D eigenvalue weighted by Gasteiger charge is 2.65. The number of carbonyl (C=O) groups is 2. The summed E-state index contributed by atoms with van der Waals surface area (Å²) in [5.74, 6) is 0.387. The predicted molar refractivity (Wildman–Crippen MR) is 128 cm³/mol. The molecule has 7 nitrogen and oxygen atoms in total. The van der Waals surface area contributed by atoms with E-state index in [9.17, 15) is 24.9 Å². The van der Waals surface area contributed by atoms with E-state index in [0.717, 1.165) is 38.5 Å². The topological polar surface area (TPSA) is 118 Å². The number of hydrogen-bond acceptors (Lipinski definition) is 5. The minimum absolute atomic E-state index is 0.0658. The molecule has 7 heteroatoms. The van der Waals surface area contributed by atoms with Crippen molar-refractivity contribution in [2.45, 2.75) is 96.9 Å². The minimum atomic E-state index is -1.01. The van der Waals surface area contributed by atoms with E-state index in [4.69, 9.17) is 5.11 Å². The third-order valence-corrected chi connectivity index (χ3v) is 11.1. The van der Waals surface area contributed by atoms with Gasteiger partial charge in [-0.15, -0.1) is 0 Å². The standard InChI is InChI=1S/C27H45NO6/c1-15(5-8-23(32)28(4)14-24(33)34)18-6-7-19-25-20(13-22(31)27(18,19)3)26(2)10-9-17(29)11-16(26)12-21(25)30/h15-22,25,29-31H,5-14H2,1-4H3,(H,33,34)/t15-,16+,17-,18-,19+,20+,21-,22+,25+,26+,27-/m1/s1/i4-1. The van der Waals surface area contributed by atoms with Crippen molar-refractivity contribution >= 4 is 11.9 Å². The molecule has 4 aliphatic carbocycles. The van der Waals surface area contributed by atoms with Gasteiger partial charge >= 0.3 is 5.97 Å². The molecule has 0 aromatic carbocycles. The van der Waals surface area contributed by atoms with Gasteiger partial charge in [-0.05, 0) is 97.7 Å². The molecule has 0 aliphatic heterocycles. The van der Waals surface area contributed by atoms with Crippen molar-refractivity contribution in [1.29, 1.82) is 0 Å². The Balaban J connectivity index is 1.49. The molecule has 194 valence electrons. The van der Waals surface area contributed by atoms with E-state index >= 15 is 0 Å². The van der Waals surface area contributed by atoms with Crippen LogP contribution in [0.15, 0.2) is 0 Å². The van der Waals surface area contributed by atoms with Gasteiger partial charge in [0.2, 0.25) is 5.91 Å². The van der Waals surface area contributed by atoms with E-state index in [1.54, 1.807) is 0 Å². The van der Waals surface area contributed by atoms with Crippen molar-refractivity contribution in [1.82, 2.24) is 4.90 Å². The van der Waals surface area contributed by atoms with Crippen LogP contribution >= 0.6 is 0 Å². The Morgan fingerprint density at radius 3 is 2.41 bits per heavy atom. The zero-order valence-corrected chi connectivity index (χ0v) is 21.3. The molecule has 0 saturated heterocycles. The molecule has 4 saturated carbocycles. The van der Waals surface area contributed by atoms with Gasteiger partial charge in [-0.1, -0.05) is 20.8 Å². The van der Waals surface area contributed by atoms with Crippen LogP contribution < -0.4 is 0 Å². The van der Waals surface area contributed by atoms with Crippen molar-refractivity contribution in [3.63, 3.8) is 0 Å². The number of amides is 1. The Morgan fingerprint density at radius 2 is 1.74 bits per heavy atom. The number of carboxylic acids is 1. The number of hydrogen-bond donors (Lipinski definition) is 4. The molecule has 0 aromatic heterocycles. The number of likely N-dealkylation sites (N-methyl/N-ethyl adjacent to an activating group) is 1. The summed E-state index contributed by atoms with van der Waals surface area (Å²) in [5.41, 5.74) is -0.217. The Labute approximate surface area is 203 Å². The summed E-state index contributed by atoms with van der Waals surface area (Å²) < 4.78 is 0. The van der Waals surface area contributed by atoms with Gasteiger partial charge in [0, 0.05) is 13.5 Å². The van der Waals surface area contributed by atoms with E-state index in [-0.39, 0.29) is 65.1 Å². The SMILES string of the molecule is C[C@H](CCC(=O)N([11CH3])CC(=O)O)[C@H]1CC[C@H]2[C@@H]3[C@H](O)C[C@@H]4C[C@H](O)CC[C@]4(C)[C@H]3C[C@H](O)[C@]12C. The van der Waals surface area contributed by atoms with Crippen molar-refractivity contribution in [2.75, 3.05) is 13.6 Å². The summed E-state index contributed by atoms with van der Waals surface area (Å²) in [7, 11) is 1.53. The second kappa shape index (κ2) is 9.36. The van der Waals surface area contributed by atoms with E-state index in [2.05, 4.69) is 20.8 Å². The first-order valence-corrected chi connectivity index (χ1v) is 13.4. The fraction of sp³-hybridized carbons (Fsp3) is 0.926. The molecular formula is C27H45NO6. The van der Waals surface area contributed by atoms with Crippen molar-refractivity contribution in [3.05, 3.63) is 0 Å². The van der Waals surface area contributed by atoms with E-state index in [1.165, 1.54) is 11.9 Å². The lowest BCUT2D eigenvalue weighted by atomic mass is 9.43. The maximum atomic E-state index is 12.4. The highest BCUT2D eigenvalue weighted by Crippen LogP contribution is 2.68. The van der Waals surface area contributed by atoms with Crippen LogP contribution in [0.5, 0.6) is 0 Å². The minimum Gasteiger partial charge on any atom is -0.480 e. The lowest BCUT2D eigenvalue weighted by Crippen LogP contribution is -2.62. The number of nitrogens with zero attached hydrogens (tertiary/aromatic N) is 1. The van der Waals surface area contributed by atoms with Gasteiger partial charge in [-0.3, -0.25) is 9.59 Å². The smallest absolute Gasteiger partial charge is 0.323 e. The average molecular weight is 479 g/mol. The Morgan fingerprint density at radius 1 is 1.03 bits per heavy atom. The first kappa shape index (κ1) is 25.9. The van der Waals surface area contributed by atoms with E-state index in [0.29, 0.717) is 25.2 Å². The van der Waals surface area contributed by atoms with Crippen LogP contribution in [0.2, 0.25) is 0 Å². The van der Waals surface area contributed by atoms with Crippen LogP contribution in [-0.4, -0.2) is 69.1 Å². The van der Waals surface area contributed by atoms with Gasteiger partial charge in [-0.2, -0.15) is 0 Å². The third kappa shape index (κ3) is 4.20. The molecule has 4 rings (SSSR count). The number of aliphatic hydroxyl groups excluding tert-OH is 3. The van der Waals surface area contributed by atoms with E-state index < -0.39 is 12.1 Å². The molecule has 0 spiro atoms. The largest absolute Gasteiger partial charge is 0.480 e. The molecule has 0 aromatic rings. The highest BCUT2D eigenvalue weighted by atomic mass is 16.4. The second-order valence-electron chi connectivity index (χ2n) is 12.7. The maximum absolute atomic E-state index is 12.4. The highest BCUT2D eigenvalue weighted by molar-refractivity contribution is 5.80. The Bertz CT molecular complexity index is 789. The van der Waals surface area contributed by atoms with Gasteiger partial charge in [0.25, 0.3) is 0 Å². The van der Waals surface area contributed by atoms with Gasteiger partial charge in [-0.25, -0.2) is 0 Å². The van der Waals surface area contributed by atoms with Crippen LogP contribution in [0, 0.1) is 46.3 Å². The van der Waals surface area contributed by atoms with Crippen LogP contribution in [0.1, 0.15) is 78.6 Å². The molecule has 0 radical (unpaired) electrons. The zero-order valence-electron chi connectivity index (χ0n) is 21.3. The summed E-state index contributed by atoms with van der Waals surface area (Å²) in [6.45, 7) is 6.44. The number of aliphatic hydroxyl groups is 3. The number of aliphatic carboxylic acids is 1. The first-order valence-electron chi connectivity index (χ1n) is 13.4. The Kier molecular flexibility index (Phi) is 7.13. The molecule has 0 heterocycles. The molecule has 4 aliphatic rings. The Hall–Kier alpha value is -1.18. The third-order valence-electron chi connectivity index (χ3n) is 11.1. The summed E-state index contributed by atoms with van der Waals surface area (Å²) in [6.07, 6.45) is 5.90. The molecule has 1 amide bonds. The van der Waals surface area contributed by atoms with Gasteiger partial charge in [0.1, 0.15) is 6.54 Å². The first-order chi connectivity index (χ1) is 15.9. The van der Waals surface area contributed by atoms with Crippen LogP contribution in [0.25, 0.3) is 0 Å². The number of carboxylic acid groups (broad SMARTS) is 1. The molecule has 0 bridgehead atoms. The van der Waals surface area contributed by atoms with Gasteiger partial charge < -0.3 is 25.3 Å². The molecule has 4 fully saturated rings. The fourth-order valence-electron chi connectivity index (χ4n) is 9.17. The quantitative estimate of drug-likeness (QED) is 0.466. The molecule has 0 unspecified atom stereocenters. The summed E-state index contributed by atoms with van der Waals surface area (Å²) in [6, 6.07) is 0. The molecule has 11 atom stereocenters. The van der Waals surface area contributed by atoms with Crippen LogP contribution in [0.4, 0.5) is 0 Å². The summed E-state index contributed by atoms with van der Waals surface area (Å²) in [5, 5.41) is 42.2. The predicted octanol–water partition coefficient (Wildman–Crippen LogP) is 2.91. The zero-order chi connectivity index (χ0) is 25.0. The fourth-order valence-corrected chi connectivity index (χ4v) is 9.17. The number of carbonyl (C=O) groups excluding carboxylic acids is 1. The van der Waals surface area contributed by atoms with Crippen molar-refractivity contribution in [3.8, 4) is 0 Å². The maximum Gasteiger partial charge on any atom is 0.323 e. The lowest BCUT2D eigenvalue weighted by Gasteiger charge is -2.63. The van der Waals surface area contributed by atoms with Crippen molar-refractivity contribution in [2.24, 2.45) is 46.3 Å². The van der Waals surface area contributed by atoms with Crippen LogP contribution in [-0.2, 0) is 9.59 Å². The van der Waals surface area contributed by atoms with Crippen LogP contribution in [0.3, 0.4) is 0 Å². The number of fused-ring (bicyclic) bond motifs is 5. The average Bonchev–Trinajstić information content (AvgIpc) is 3.12. The van der Waals surface area contributed by atoms with E-state index in [1.807, 2.05) is 0 Å². The molecular weight excluding hydrogens is 433 g/mol. The molecule has 4 N–H and O–H groups in total.